The van der Waals surface area contributed by atoms with Gasteiger partial charge in [-0.05, 0) is 74.6 Å². The third-order valence-electron chi connectivity index (χ3n) is 5.28. The van der Waals surface area contributed by atoms with Gasteiger partial charge in [0.05, 0.1) is 0 Å². The summed E-state index contributed by atoms with van der Waals surface area (Å²) in [5, 5.41) is 13.2. The summed E-state index contributed by atoms with van der Waals surface area (Å²) in [7, 11) is 0. The van der Waals surface area contributed by atoms with Crippen LogP contribution in [-0.2, 0) is 0 Å². The van der Waals surface area contributed by atoms with E-state index in [0.717, 1.165) is 11.3 Å². The van der Waals surface area contributed by atoms with Crippen LogP contribution in [0.15, 0.2) is 18.2 Å². The third kappa shape index (κ3) is 2.72. The molecule has 2 N–H and O–H groups in total. The topological polar surface area (TPSA) is 32.3 Å². The summed E-state index contributed by atoms with van der Waals surface area (Å²) in [6.07, 6.45) is 11.3. The van der Waals surface area contributed by atoms with E-state index in [1.165, 1.54) is 51.4 Å². The highest BCUT2D eigenvalue weighted by Crippen LogP contribution is 2.49. The second-order valence-corrected chi connectivity index (χ2v) is 6.63. The number of aromatic hydroxyl groups is 1. The van der Waals surface area contributed by atoms with Crippen molar-refractivity contribution in [1.29, 1.82) is 0 Å². The van der Waals surface area contributed by atoms with Gasteiger partial charge in [0.15, 0.2) is 0 Å². The molecular formula is C17H25NO. The molecule has 1 aromatic carbocycles. The van der Waals surface area contributed by atoms with E-state index >= 15 is 0 Å². The lowest BCUT2D eigenvalue weighted by Crippen LogP contribution is -2.31. The zero-order valence-electron chi connectivity index (χ0n) is 11.9. The van der Waals surface area contributed by atoms with Crippen LogP contribution in [0.3, 0.4) is 0 Å². The highest BCUT2D eigenvalue weighted by molar-refractivity contribution is 5.50. The van der Waals surface area contributed by atoms with Crippen molar-refractivity contribution in [3.63, 3.8) is 0 Å². The first-order chi connectivity index (χ1) is 9.17. The standard InChI is InChI=1S/C17H25NO/c1-13-12-15(4-5-16(13)19)18-14-6-10-17(11-7-14)8-2-3-9-17/h4-5,12,14,18-19H,2-3,6-11H2,1H3. The fraction of sp³-hybridized carbons (Fsp3) is 0.647. The zero-order chi connectivity index (χ0) is 13.3. The minimum atomic E-state index is 0.388. The maximum Gasteiger partial charge on any atom is 0.118 e. The summed E-state index contributed by atoms with van der Waals surface area (Å²) < 4.78 is 0. The average Bonchev–Trinajstić information content (AvgIpc) is 2.86. The number of phenolic OH excluding ortho intramolecular Hbond substituents is 1. The number of nitrogens with one attached hydrogen (secondary N) is 1. The molecule has 0 amide bonds. The Kier molecular flexibility index (Phi) is 3.42. The van der Waals surface area contributed by atoms with Crippen LogP contribution in [0.5, 0.6) is 5.75 Å². The Morgan fingerprint density at radius 3 is 2.42 bits per heavy atom. The molecule has 1 spiro atoms. The summed E-state index contributed by atoms with van der Waals surface area (Å²) in [6, 6.07) is 6.45. The van der Waals surface area contributed by atoms with Gasteiger partial charge >= 0.3 is 0 Å². The Balaban J connectivity index is 1.58. The van der Waals surface area contributed by atoms with Gasteiger partial charge in [-0.3, -0.25) is 0 Å². The predicted octanol–water partition coefficient (Wildman–Crippen LogP) is 4.62. The molecule has 0 heterocycles. The second-order valence-electron chi connectivity index (χ2n) is 6.63. The molecule has 0 atom stereocenters. The number of anilines is 1. The summed E-state index contributed by atoms with van der Waals surface area (Å²) >= 11 is 0. The zero-order valence-corrected chi connectivity index (χ0v) is 11.9. The van der Waals surface area contributed by atoms with Gasteiger partial charge < -0.3 is 10.4 Å². The first-order valence-corrected chi connectivity index (χ1v) is 7.73. The second kappa shape index (κ2) is 5.07. The average molecular weight is 259 g/mol. The number of hydrogen-bond acceptors (Lipinski definition) is 2. The molecule has 0 aromatic heterocycles. The van der Waals surface area contributed by atoms with Crippen molar-refractivity contribution in [1.82, 2.24) is 0 Å². The summed E-state index contributed by atoms with van der Waals surface area (Å²) in [6.45, 7) is 1.95. The van der Waals surface area contributed by atoms with Crippen molar-refractivity contribution in [2.75, 3.05) is 5.32 Å². The van der Waals surface area contributed by atoms with Gasteiger partial charge in [-0.1, -0.05) is 12.8 Å². The summed E-state index contributed by atoms with van der Waals surface area (Å²) in [4.78, 5) is 0. The normalized spacial score (nSPS) is 22.8. The van der Waals surface area contributed by atoms with Crippen LogP contribution >= 0.6 is 0 Å². The van der Waals surface area contributed by atoms with E-state index in [2.05, 4.69) is 11.4 Å². The summed E-state index contributed by atoms with van der Waals surface area (Å²) in [5.41, 5.74) is 2.82. The van der Waals surface area contributed by atoms with E-state index in [1.54, 1.807) is 6.07 Å². The van der Waals surface area contributed by atoms with E-state index in [-0.39, 0.29) is 0 Å². The van der Waals surface area contributed by atoms with Crippen molar-refractivity contribution < 1.29 is 5.11 Å². The molecule has 2 heteroatoms. The molecular weight excluding hydrogens is 234 g/mol. The third-order valence-corrected chi connectivity index (χ3v) is 5.28. The van der Waals surface area contributed by atoms with Gasteiger partial charge in [0, 0.05) is 11.7 Å². The number of benzene rings is 1. The minimum Gasteiger partial charge on any atom is -0.508 e. The Bertz CT molecular complexity index is 439. The van der Waals surface area contributed by atoms with Gasteiger partial charge in [-0.15, -0.1) is 0 Å². The SMILES string of the molecule is Cc1cc(NC2CCC3(CCCC3)CC2)ccc1O. The molecule has 1 aromatic rings. The smallest absolute Gasteiger partial charge is 0.118 e. The molecule has 0 aliphatic heterocycles. The fourth-order valence-electron chi connectivity index (χ4n) is 3.98. The van der Waals surface area contributed by atoms with Crippen molar-refractivity contribution >= 4 is 5.69 Å². The fourth-order valence-corrected chi connectivity index (χ4v) is 3.98. The van der Waals surface area contributed by atoms with Crippen molar-refractivity contribution in [3.05, 3.63) is 23.8 Å². The number of phenols is 1. The molecule has 0 saturated heterocycles. The molecule has 2 aliphatic rings. The number of rotatable bonds is 2. The van der Waals surface area contributed by atoms with E-state index in [4.69, 9.17) is 0 Å². The van der Waals surface area contributed by atoms with E-state index < -0.39 is 0 Å². The Morgan fingerprint density at radius 1 is 1.11 bits per heavy atom. The van der Waals surface area contributed by atoms with Crippen LogP contribution in [0.1, 0.15) is 56.9 Å². The first-order valence-electron chi connectivity index (χ1n) is 7.73. The Morgan fingerprint density at radius 2 is 1.79 bits per heavy atom. The highest BCUT2D eigenvalue weighted by atomic mass is 16.3. The molecule has 3 rings (SSSR count). The lowest BCUT2D eigenvalue weighted by molar-refractivity contribution is 0.188. The van der Waals surface area contributed by atoms with E-state index in [9.17, 15) is 5.11 Å². The molecule has 2 nitrogen and oxygen atoms in total. The molecule has 0 unspecified atom stereocenters. The molecule has 19 heavy (non-hydrogen) atoms. The molecule has 2 saturated carbocycles. The Hall–Kier alpha value is -1.18. The molecule has 2 fully saturated rings. The van der Waals surface area contributed by atoms with Crippen molar-refractivity contribution in [2.45, 2.75) is 64.3 Å². The maximum absolute atomic E-state index is 9.56. The van der Waals surface area contributed by atoms with Crippen LogP contribution in [-0.4, -0.2) is 11.1 Å². The minimum absolute atomic E-state index is 0.388. The monoisotopic (exact) mass is 259 g/mol. The number of hydrogen-bond donors (Lipinski definition) is 2. The van der Waals surface area contributed by atoms with Crippen LogP contribution in [0, 0.1) is 12.3 Å². The molecule has 104 valence electrons. The van der Waals surface area contributed by atoms with Gasteiger partial charge in [0.25, 0.3) is 0 Å². The summed E-state index contributed by atoms with van der Waals surface area (Å²) in [5.74, 6) is 0.388. The van der Waals surface area contributed by atoms with Crippen LogP contribution in [0.2, 0.25) is 0 Å². The molecule has 0 bridgehead atoms. The largest absolute Gasteiger partial charge is 0.508 e. The lowest BCUT2D eigenvalue weighted by atomic mass is 9.71. The van der Waals surface area contributed by atoms with Gasteiger partial charge in [0.2, 0.25) is 0 Å². The van der Waals surface area contributed by atoms with E-state index in [1.807, 2.05) is 13.0 Å². The van der Waals surface area contributed by atoms with E-state index in [0.29, 0.717) is 17.2 Å². The maximum atomic E-state index is 9.56. The van der Waals surface area contributed by atoms with Crippen LogP contribution in [0.4, 0.5) is 5.69 Å². The van der Waals surface area contributed by atoms with Crippen LogP contribution < -0.4 is 5.32 Å². The van der Waals surface area contributed by atoms with Gasteiger partial charge in [0.1, 0.15) is 5.75 Å². The molecule has 2 aliphatic carbocycles. The lowest BCUT2D eigenvalue weighted by Gasteiger charge is -2.38. The van der Waals surface area contributed by atoms with Crippen molar-refractivity contribution in [2.24, 2.45) is 5.41 Å². The van der Waals surface area contributed by atoms with Crippen molar-refractivity contribution in [3.8, 4) is 5.75 Å². The highest BCUT2D eigenvalue weighted by Gasteiger charge is 2.37. The van der Waals surface area contributed by atoms with Crippen LogP contribution in [0.25, 0.3) is 0 Å². The first kappa shape index (κ1) is 12.8. The quantitative estimate of drug-likeness (QED) is 0.760. The predicted molar refractivity (Wildman–Crippen MR) is 79.6 cm³/mol. The Labute approximate surface area is 116 Å². The number of aryl methyl sites for hydroxylation is 1. The van der Waals surface area contributed by atoms with Gasteiger partial charge in [-0.25, -0.2) is 0 Å². The van der Waals surface area contributed by atoms with Gasteiger partial charge in [-0.2, -0.15) is 0 Å². The molecule has 0 radical (unpaired) electrons.